The summed E-state index contributed by atoms with van der Waals surface area (Å²) in [7, 11) is 3.69. The molecule has 0 radical (unpaired) electrons. The number of nitrogens with one attached hydrogen (secondary N) is 2. The number of aliphatic carboxylic acids is 1. The van der Waals surface area contributed by atoms with Crippen LogP contribution in [0.1, 0.15) is 22.3 Å². The van der Waals surface area contributed by atoms with Crippen LogP contribution in [0.2, 0.25) is 0 Å². The lowest BCUT2D eigenvalue weighted by Crippen LogP contribution is -2.61. The molecule has 2 aliphatic rings. The zero-order valence-corrected chi connectivity index (χ0v) is 25.7. The summed E-state index contributed by atoms with van der Waals surface area (Å²) in [6.07, 6.45) is -7.95. The van der Waals surface area contributed by atoms with Crippen molar-refractivity contribution in [2.75, 3.05) is 55.9 Å². The summed E-state index contributed by atoms with van der Waals surface area (Å²) < 4.78 is 16.5. The second-order valence-electron chi connectivity index (χ2n) is 11.4. The molecule has 0 unspecified atom stereocenters. The van der Waals surface area contributed by atoms with Gasteiger partial charge in [0.1, 0.15) is 29.8 Å². The number of likely N-dealkylation sites (N-methyl/N-ethyl adjacent to an activating group) is 1. The zero-order valence-electron chi connectivity index (χ0n) is 25.7. The van der Waals surface area contributed by atoms with Gasteiger partial charge in [0.25, 0.3) is 5.91 Å². The highest BCUT2D eigenvalue weighted by Crippen LogP contribution is 2.34. The van der Waals surface area contributed by atoms with Crippen molar-refractivity contribution in [1.82, 2.24) is 4.90 Å². The van der Waals surface area contributed by atoms with Crippen LogP contribution < -0.4 is 25.0 Å². The van der Waals surface area contributed by atoms with Crippen LogP contribution >= 0.6 is 0 Å². The fourth-order valence-electron chi connectivity index (χ4n) is 5.46. The first-order valence-electron chi connectivity index (χ1n) is 15.1. The van der Waals surface area contributed by atoms with Gasteiger partial charge in [-0.25, -0.2) is 4.79 Å². The van der Waals surface area contributed by atoms with E-state index >= 15 is 0 Å². The maximum absolute atomic E-state index is 13.6. The van der Waals surface area contributed by atoms with Crippen molar-refractivity contribution in [3.05, 3.63) is 77.9 Å². The smallest absolute Gasteiger partial charge is 0.335 e. The Morgan fingerprint density at radius 1 is 0.913 bits per heavy atom. The molecule has 2 saturated heterocycles. The number of aliphatic hydroxyl groups excluding tert-OH is 3. The molecule has 6 N–H and O–H groups in total. The van der Waals surface area contributed by atoms with Crippen LogP contribution in [0.3, 0.4) is 0 Å². The number of carbonyl (C=O) groups is 2. The minimum absolute atomic E-state index is 0.0597. The number of hydrogen-bond donors (Lipinski definition) is 6. The highest BCUT2D eigenvalue weighted by atomic mass is 16.7. The first-order valence-corrected chi connectivity index (χ1v) is 15.1. The number of para-hydroxylation sites is 1. The Labute approximate surface area is 266 Å². The van der Waals surface area contributed by atoms with Crippen molar-refractivity contribution in [1.29, 1.82) is 0 Å². The Kier molecular flexibility index (Phi) is 10.6. The molecule has 3 aromatic carbocycles. The fraction of sp³-hybridized carbons (Fsp3) is 0.394. The van der Waals surface area contributed by atoms with Gasteiger partial charge in [-0.05, 0) is 80.2 Å². The number of nitrogens with zero attached hydrogens (tertiary/aromatic N) is 2. The number of hydrogen-bond acceptors (Lipinski definition) is 11. The third-order valence-corrected chi connectivity index (χ3v) is 8.19. The molecule has 0 bridgehead atoms. The molecule has 0 aliphatic carbocycles. The van der Waals surface area contributed by atoms with Gasteiger partial charge in [-0.3, -0.25) is 4.79 Å². The second kappa shape index (κ2) is 14.8. The van der Waals surface area contributed by atoms with Crippen molar-refractivity contribution < 1.29 is 44.2 Å². The number of rotatable bonds is 10. The first kappa shape index (κ1) is 33.0. The molecule has 2 heterocycles. The molecule has 13 heteroatoms. The van der Waals surface area contributed by atoms with Gasteiger partial charge in [0, 0.05) is 43.1 Å². The second-order valence-corrected chi connectivity index (χ2v) is 11.4. The van der Waals surface area contributed by atoms with Crippen LogP contribution in [0.15, 0.2) is 66.7 Å². The molecule has 0 saturated carbocycles. The van der Waals surface area contributed by atoms with Crippen LogP contribution in [-0.4, -0.2) is 108 Å². The van der Waals surface area contributed by atoms with Gasteiger partial charge in [-0.2, -0.15) is 0 Å². The number of benzene rings is 3. The molecule has 2 aliphatic heterocycles. The number of amides is 1. The van der Waals surface area contributed by atoms with Crippen LogP contribution in [0, 0.1) is 0 Å². The summed E-state index contributed by atoms with van der Waals surface area (Å²) in [5.74, 6) is -1.20. The number of ether oxygens (including phenoxy) is 3. The van der Waals surface area contributed by atoms with Crippen molar-refractivity contribution >= 4 is 28.9 Å². The van der Waals surface area contributed by atoms with E-state index in [0.717, 1.165) is 44.0 Å². The van der Waals surface area contributed by atoms with E-state index in [1.165, 1.54) is 6.07 Å². The summed E-state index contributed by atoms with van der Waals surface area (Å²) >= 11 is 0. The zero-order chi connectivity index (χ0) is 32.8. The van der Waals surface area contributed by atoms with Gasteiger partial charge < -0.3 is 55.1 Å². The predicted octanol–water partition coefficient (Wildman–Crippen LogP) is 1.97. The molecule has 0 aromatic heterocycles. The number of carboxylic acids is 1. The number of aliphatic hydroxyl groups is 3. The quantitative estimate of drug-likeness (QED) is 0.191. The third-order valence-electron chi connectivity index (χ3n) is 8.19. The monoisotopic (exact) mass is 636 g/mol. The molecule has 3 aromatic rings. The normalized spacial score (nSPS) is 23.7. The molecule has 5 rings (SSSR count). The minimum Gasteiger partial charge on any atom is -0.497 e. The summed E-state index contributed by atoms with van der Waals surface area (Å²) in [4.78, 5) is 29.8. The molecule has 46 heavy (non-hydrogen) atoms. The summed E-state index contributed by atoms with van der Waals surface area (Å²) in [5, 5.41) is 46.7. The topological polar surface area (TPSA) is 173 Å². The number of anilines is 3. The summed E-state index contributed by atoms with van der Waals surface area (Å²) in [6, 6.07) is 19.6. The average molecular weight is 637 g/mol. The van der Waals surface area contributed by atoms with Gasteiger partial charge >= 0.3 is 5.97 Å². The Morgan fingerprint density at radius 2 is 1.65 bits per heavy atom. The Balaban J connectivity index is 1.39. The van der Waals surface area contributed by atoms with E-state index in [1.54, 1.807) is 43.5 Å². The van der Waals surface area contributed by atoms with E-state index in [-0.39, 0.29) is 18.0 Å². The average Bonchev–Trinajstić information content (AvgIpc) is 3.29. The summed E-state index contributed by atoms with van der Waals surface area (Å²) in [6.45, 7) is 4.05. The van der Waals surface area contributed by atoms with Crippen LogP contribution in [0.5, 0.6) is 11.5 Å². The molecule has 5 atom stereocenters. The lowest BCUT2D eigenvalue weighted by molar-refractivity contribution is -0.271. The van der Waals surface area contributed by atoms with Crippen LogP contribution in [0.25, 0.3) is 0 Å². The Hall–Kier alpha value is -4.40. The van der Waals surface area contributed by atoms with Crippen molar-refractivity contribution in [3.8, 4) is 11.5 Å². The van der Waals surface area contributed by atoms with Crippen molar-refractivity contribution in [2.45, 2.75) is 43.7 Å². The highest BCUT2D eigenvalue weighted by molar-refractivity contribution is 6.05. The molecule has 13 nitrogen and oxygen atoms in total. The maximum atomic E-state index is 13.6. The number of carbonyl (C=O) groups excluding carboxylic acids is 1. The summed E-state index contributed by atoms with van der Waals surface area (Å²) in [5.41, 5.74) is 3.06. The number of methoxy groups -OCH3 is 1. The van der Waals surface area contributed by atoms with Crippen LogP contribution in [-0.2, 0) is 16.1 Å². The van der Waals surface area contributed by atoms with Gasteiger partial charge in [0.15, 0.2) is 6.10 Å². The Bertz CT molecular complexity index is 1490. The van der Waals surface area contributed by atoms with E-state index in [9.17, 15) is 30.0 Å². The maximum Gasteiger partial charge on any atom is 0.335 e. The van der Waals surface area contributed by atoms with E-state index < -0.39 is 42.6 Å². The molecular weight excluding hydrogens is 596 g/mol. The van der Waals surface area contributed by atoms with E-state index in [4.69, 9.17) is 14.2 Å². The molecule has 0 spiro atoms. The molecule has 1 amide bonds. The molecular formula is C33H40N4O9. The van der Waals surface area contributed by atoms with Gasteiger partial charge in [0.2, 0.25) is 6.29 Å². The highest BCUT2D eigenvalue weighted by Gasteiger charge is 2.48. The SMILES string of the molecule is COc1ccc(NCc2cccc(O[C@@H]3O[C@H](C(=O)O)[C@@H](O)[C@H](O)[C@H]3O)c2NC(=O)c2ccc(N3CCCN(C)CC3)cc2)cc1. The lowest BCUT2D eigenvalue weighted by atomic mass is 9.99. The van der Waals surface area contributed by atoms with E-state index in [2.05, 4.69) is 27.5 Å². The van der Waals surface area contributed by atoms with E-state index in [0.29, 0.717) is 16.9 Å². The lowest BCUT2D eigenvalue weighted by Gasteiger charge is -2.38. The van der Waals surface area contributed by atoms with Crippen molar-refractivity contribution in [2.24, 2.45) is 0 Å². The van der Waals surface area contributed by atoms with Gasteiger partial charge in [-0.15, -0.1) is 0 Å². The van der Waals surface area contributed by atoms with Crippen LogP contribution in [0.4, 0.5) is 17.1 Å². The van der Waals surface area contributed by atoms with Gasteiger partial charge in [-0.1, -0.05) is 12.1 Å². The van der Waals surface area contributed by atoms with Crippen molar-refractivity contribution in [3.63, 3.8) is 0 Å². The number of carboxylic acid groups (broad SMARTS) is 1. The first-order chi connectivity index (χ1) is 22.1. The largest absolute Gasteiger partial charge is 0.497 e. The fourth-order valence-corrected chi connectivity index (χ4v) is 5.46. The van der Waals surface area contributed by atoms with Gasteiger partial charge in [0.05, 0.1) is 12.8 Å². The molecule has 246 valence electrons. The third kappa shape index (κ3) is 7.69. The Morgan fingerprint density at radius 3 is 2.35 bits per heavy atom. The van der Waals surface area contributed by atoms with E-state index in [1.807, 2.05) is 24.3 Å². The standard InChI is InChI=1S/C33H40N4O9/c1-36-15-4-16-37(18-17-36)23-11-7-20(8-12-23)31(41)35-26-21(19-34-22-9-13-24(44-2)14-10-22)5-3-6-25(26)45-33-29(40)27(38)28(39)30(46-33)32(42)43/h3,5-14,27-30,33-34,38-40H,4,15-19H2,1-2H3,(H,35,41)(H,42,43)/t27-,28-,29+,30-,33+/m0/s1. The predicted molar refractivity (Wildman–Crippen MR) is 170 cm³/mol. The molecule has 2 fully saturated rings. The minimum atomic E-state index is -1.87.